The van der Waals surface area contributed by atoms with Crippen molar-refractivity contribution in [1.29, 1.82) is 0 Å². The Morgan fingerprint density at radius 2 is 1.79 bits per heavy atom. The van der Waals surface area contributed by atoms with Gasteiger partial charge in [-0.1, -0.05) is 30.3 Å². The highest BCUT2D eigenvalue weighted by Crippen LogP contribution is 1.97. The summed E-state index contributed by atoms with van der Waals surface area (Å²) in [5, 5.41) is 8.74. The molecule has 1 aromatic rings. The summed E-state index contributed by atoms with van der Waals surface area (Å²) in [6, 6.07) is 9.97. The monoisotopic (exact) mass is 333 g/mol. The van der Waals surface area contributed by atoms with Gasteiger partial charge in [-0.3, -0.25) is 9.59 Å². The van der Waals surface area contributed by atoms with Crippen molar-refractivity contribution in [2.24, 2.45) is 4.99 Å². The van der Waals surface area contributed by atoms with Gasteiger partial charge in [-0.2, -0.15) is 0 Å². The van der Waals surface area contributed by atoms with Crippen LogP contribution in [0.4, 0.5) is 0 Å². The van der Waals surface area contributed by atoms with Crippen LogP contribution in [0.2, 0.25) is 0 Å². The topological polar surface area (TPSA) is 85.8 Å². The van der Waals surface area contributed by atoms with E-state index in [9.17, 15) is 9.59 Å². The maximum Gasteiger partial charge on any atom is 0.241 e. The fourth-order valence-electron chi connectivity index (χ4n) is 1.86. The summed E-state index contributed by atoms with van der Waals surface area (Å²) in [7, 11) is 3.38. The van der Waals surface area contributed by atoms with Crippen LogP contribution in [0.1, 0.15) is 12.5 Å². The zero-order chi connectivity index (χ0) is 17.8. The molecule has 0 saturated carbocycles. The molecule has 7 nitrogen and oxygen atoms in total. The Hall–Kier alpha value is -2.57. The number of hydrogen-bond acceptors (Lipinski definition) is 3. The molecule has 0 saturated heterocycles. The molecule has 0 bridgehead atoms. The van der Waals surface area contributed by atoms with E-state index in [2.05, 4.69) is 20.9 Å². The minimum absolute atomic E-state index is 0.0142. The molecule has 2 amide bonds. The minimum Gasteiger partial charge on any atom is -0.357 e. The van der Waals surface area contributed by atoms with Crippen LogP contribution in [-0.2, 0) is 16.0 Å². The lowest BCUT2D eigenvalue weighted by atomic mass is 10.1. The Kier molecular flexibility index (Phi) is 8.96. The second kappa shape index (κ2) is 11.0. The number of carbonyl (C=O) groups is 2. The van der Waals surface area contributed by atoms with E-state index in [1.165, 1.54) is 10.5 Å². The third kappa shape index (κ3) is 8.17. The van der Waals surface area contributed by atoms with E-state index in [-0.39, 0.29) is 24.9 Å². The molecule has 0 radical (unpaired) electrons. The van der Waals surface area contributed by atoms with Gasteiger partial charge < -0.3 is 20.9 Å². The van der Waals surface area contributed by atoms with Gasteiger partial charge in [0, 0.05) is 27.2 Å². The Balaban J connectivity index is 2.35. The van der Waals surface area contributed by atoms with Crippen molar-refractivity contribution in [2.45, 2.75) is 13.3 Å². The van der Waals surface area contributed by atoms with E-state index in [1.54, 1.807) is 14.1 Å². The molecule has 1 aromatic carbocycles. The standard InChI is InChI=1S/C17H27N5O2/c1-4-18-17(21-13-16(24)22(2)3)20-12-15(23)19-11-10-14-8-6-5-7-9-14/h5-9H,4,10-13H2,1-3H3,(H,19,23)(H2,18,20,21). The minimum atomic E-state index is -0.151. The molecule has 0 atom stereocenters. The number of guanidine groups is 1. The normalized spacial score (nSPS) is 10.9. The number of amides is 2. The van der Waals surface area contributed by atoms with Gasteiger partial charge >= 0.3 is 0 Å². The van der Waals surface area contributed by atoms with E-state index < -0.39 is 0 Å². The third-order valence-corrected chi connectivity index (χ3v) is 3.21. The number of likely N-dealkylation sites (N-methyl/N-ethyl adjacent to an activating group) is 1. The summed E-state index contributed by atoms with van der Waals surface area (Å²) >= 11 is 0. The van der Waals surface area contributed by atoms with Crippen molar-refractivity contribution >= 4 is 17.8 Å². The van der Waals surface area contributed by atoms with Crippen LogP contribution < -0.4 is 16.0 Å². The van der Waals surface area contributed by atoms with Crippen molar-refractivity contribution < 1.29 is 9.59 Å². The third-order valence-electron chi connectivity index (χ3n) is 3.21. The van der Waals surface area contributed by atoms with Crippen LogP contribution in [0.3, 0.4) is 0 Å². The summed E-state index contributed by atoms with van der Waals surface area (Å²) < 4.78 is 0. The van der Waals surface area contributed by atoms with Gasteiger partial charge in [0.1, 0.15) is 6.54 Å². The number of hydrogen-bond donors (Lipinski definition) is 3. The summed E-state index contributed by atoms with van der Waals surface area (Å²) in [4.78, 5) is 29.1. The van der Waals surface area contributed by atoms with Gasteiger partial charge in [-0.25, -0.2) is 4.99 Å². The van der Waals surface area contributed by atoms with Gasteiger partial charge in [-0.05, 0) is 18.9 Å². The van der Waals surface area contributed by atoms with E-state index in [4.69, 9.17) is 0 Å². The molecule has 0 fully saturated rings. The second-order valence-electron chi connectivity index (χ2n) is 5.42. The van der Waals surface area contributed by atoms with E-state index in [1.807, 2.05) is 37.3 Å². The smallest absolute Gasteiger partial charge is 0.241 e. The van der Waals surface area contributed by atoms with Crippen LogP contribution in [0, 0.1) is 0 Å². The van der Waals surface area contributed by atoms with Gasteiger partial charge in [0.15, 0.2) is 5.96 Å². The summed E-state index contributed by atoms with van der Waals surface area (Å²) in [5.74, 6) is 0.237. The predicted octanol–water partition coefficient (Wildman–Crippen LogP) is -0.0114. The van der Waals surface area contributed by atoms with Crippen LogP contribution in [-0.4, -0.2) is 62.9 Å². The Morgan fingerprint density at radius 1 is 1.08 bits per heavy atom. The Bertz CT molecular complexity index is 543. The molecule has 7 heteroatoms. The van der Waals surface area contributed by atoms with E-state index in [0.717, 1.165) is 6.42 Å². The summed E-state index contributed by atoms with van der Waals surface area (Å²) in [6.07, 6.45) is 0.784. The number of carbonyl (C=O) groups excluding carboxylic acids is 2. The van der Waals surface area contributed by atoms with Crippen molar-refractivity contribution in [3.63, 3.8) is 0 Å². The molecule has 0 aliphatic carbocycles. The number of aliphatic imine (C=N–C) groups is 1. The van der Waals surface area contributed by atoms with Crippen molar-refractivity contribution in [3.05, 3.63) is 35.9 Å². The van der Waals surface area contributed by atoms with Crippen LogP contribution in [0.25, 0.3) is 0 Å². The first-order chi connectivity index (χ1) is 11.5. The maximum atomic E-state index is 11.8. The first-order valence-electron chi connectivity index (χ1n) is 8.06. The molecule has 0 aliphatic heterocycles. The molecule has 0 heterocycles. The highest BCUT2D eigenvalue weighted by Gasteiger charge is 2.06. The molecule has 3 N–H and O–H groups in total. The average molecular weight is 333 g/mol. The van der Waals surface area contributed by atoms with Crippen molar-refractivity contribution in [3.8, 4) is 0 Å². The van der Waals surface area contributed by atoms with Gasteiger partial charge in [0.2, 0.25) is 11.8 Å². The number of benzene rings is 1. The molecule has 132 valence electrons. The fraction of sp³-hybridized carbons (Fsp3) is 0.471. The summed E-state index contributed by atoms with van der Waals surface area (Å²) in [5.41, 5.74) is 1.18. The predicted molar refractivity (Wildman–Crippen MR) is 95.8 cm³/mol. The molecule has 0 unspecified atom stereocenters. The van der Waals surface area contributed by atoms with Gasteiger partial charge in [0.25, 0.3) is 0 Å². The van der Waals surface area contributed by atoms with Crippen molar-refractivity contribution in [2.75, 3.05) is 40.3 Å². The highest BCUT2D eigenvalue weighted by molar-refractivity contribution is 5.88. The van der Waals surface area contributed by atoms with Crippen LogP contribution in [0.5, 0.6) is 0 Å². The van der Waals surface area contributed by atoms with Crippen LogP contribution >= 0.6 is 0 Å². The molecule has 24 heavy (non-hydrogen) atoms. The van der Waals surface area contributed by atoms with E-state index >= 15 is 0 Å². The van der Waals surface area contributed by atoms with E-state index in [0.29, 0.717) is 19.0 Å². The first kappa shape index (κ1) is 19.5. The lowest BCUT2D eigenvalue weighted by Crippen LogP contribution is -2.43. The largest absolute Gasteiger partial charge is 0.357 e. The SMILES string of the molecule is CCNC(=NCC(=O)NCCc1ccccc1)NCC(=O)N(C)C. The Labute approximate surface area is 143 Å². The highest BCUT2D eigenvalue weighted by atomic mass is 16.2. The quantitative estimate of drug-likeness (QED) is 0.461. The summed E-state index contributed by atoms with van der Waals surface area (Å²) in [6.45, 7) is 3.29. The number of nitrogens with zero attached hydrogens (tertiary/aromatic N) is 2. The zero-order valence-corrected chi connectivity index (χ0v) is 14.6. The van der Waals surface area contributed by atoms with Gasteiger partial charge in [-0.15, -0.1) is 0 Å². The molecule has 1 rings (SSSR count). The number of nitrogens with one attached hydrogen (secondary N) is 3. The molecule has 0 aliphatic rings. The number of rotatable bonds is 8. The fourth-order valence-corrected chi connectivity index (χ4v) is 1.86. The first-order valence-corrected chi connectivity index (χ1v) is 8.06. The van der Waals surface area contributed by atoms with Gasteiger partial charge in [0.05, 0.1) is 6.54 Å². The maximum absolute atomic E-state index is 11.8. The lowest BCUT2D eigenvalue weighted by molar-refractivity contribution is -0.127. The lowest BCUT2D eigenvalue weighted by Gasteiger charge is -2.14. The molecule has 0 spiro atoms. The molecule has 0 aromatic heterocycles. The van der Waals surface area contributed by atoms with Crippen LogP contribution in [0.15, 0.2) is 35.3 Å². The Morgan fingerprint density at radius 3 is 2.42 bits per heavy atom. The molecular weight excluding hydrogens is 306 g/mol. The average Bonchev–Trinajstić information content (AvgIpc) is 2.58. The second-order valence-corrected chi connectivity index (χ2v) is 5.42. The zero-order valence-electron chi connectivity index (χ0n) is 14.6. The molecular formula is C17H27N5O2. The van der Waals surface area contributed by atoms with Crippen molar-refractivity contribution in [1.82, 2.24) is 20.9 Å².